The smallest absolute Gasteiger partial charge is 0.0921 e. The van der Waals surface area contributed by atoms with Crippen LogP contribution in [0.2, 0.25) is 5.02 Å². The molecule has 2 heterocycles. The van der Waals surface area contributed by atoms with Crippen molar-refractivity contribution in [1.29, 1.82) is 0 Å². The van der Waals surface area contributed by atoms with E-state index in [1.807, 2.05) is 13.1 Å². The fraction of sp³-hybridized carbons (Fsp3) is 0.471. The number of nitrogens with one attached hydrogen (secondary N) is 2. The molecule has 1 fully saturated rings. The van der Waals surface area contributed by atoms with Crippen LogP contribution in [0.4, 0.5) is 5.69 Å². The third kappa shape index (κ3) is 3.81. The number of benzene rings is 1. The molecule has 2 N–H and O–H groups in total. The van der Waals surface area contributed by atoms with Crippen LogP contribution in [-0.4, -0.2) is 35.6 Å². The molecule has 0 spiro atoms. The first-order valence-electron chi connectivity index (χ1n) is 7.94. The van der Waals surface area contributed by atoms with Crippen molar-refractivity contribution in [3.05, 3.63) is 47.0 Å². The summed E-state index contributed by atoms with van der Waals surface area (Å²) < 4.78 is 0. The molecule has 0 radical (unpaired) electrons. The lowest BCUT2D eigenvalue weighted by molar-refractivity contribution is 0.417. The molecule has 0 saturated carbocycles. The van der Waals surface area contributed by atoms with Gasteiger partial charge in [0, 0.05) is 54.7 Å². The molecule has 1 aliphatic rings. The number of aromatic amines is 1. The number of aryl methyl sites for hydroxylation is 1. The molecule has 1 aliphatic heterocycles. The number of aromatic nitrogens is 2. The van der Waals surface area contributed by atoms with E-state index < -0.39 is 0 Å². The first kappa shape index (κ1) is 15.4. The summed E-state index contributed by atoms with van der Waals surface area (Å²) in [6.45, 7) is 5.22. The largest absolute Gasteiger partial charge is 0.371 e. The van der Waals surface area contributed by atoms with E-state index in [2.05, 4.69) is 38.4 Å². The maximum Gasteiger partial charge on any atom is 0.0921 e. The van der Waals surface area contributed by atoms with Crippen LogP contribution < -0.4 is 10.2 Å². The zero-order valence-corrected chi connectivity index (χ0v) is 13.7. The molecule has 1 aromatic heterocycles. The lowest BCUT2D eigenvalue weighted by atomic mass is 10.0. The van der Waals surface area contributed by atoms with E-state index >= 15 is 0 Å². The molecule has 2 aromatic rings. The van der Waals surface area contributed by atoms with Crippen LogP contribution in [0.15, 0.2) is 30.7 Å². The van der Waals surface area contributed by atoms with Crippen LogP contribution in [0.1, 0.15) is 24.1 Å². The Morgan fingerprint density at radius 3 is 2.86 bits per heavy atom. The quantitative estimate of drug-likeness (QED) is 0.890. The first-order chi connectivity index (χ1) is 10.7. The van der Waals surface area contributed by atoms with Gasteiger partial charge in [0.05, 0.1) is 6.33 Å². The molecule has 0 amide bonds. The van der Waals surface area contributed by atoms with Crippen molar-refractivity contribution in [2.24, 2.45) is 0 Å². The maximum absolute atomic E-state index is 6.23. The number of hydrogen-bond acceptors (Lipinski definition) is 3. The van der Waals surface area contributed by atoms with Gasteiger partial charge in [0.1, 0.15) is 0 Å². The van der Waals surface area contributed by atoms with Crippen LogP contribution in [0.3, 0.4) is 0 Å². The van der Waals surface area contributed by atoms with Crippen LogP contribution in [-0.2, 0) is 6.42 Å². The van der Waals surface area contributed by atoms with E-state index in [4.69, 9.17) is 11.6 Å². The van der Waals surface area contributed by atoms with Crippen LogP contribution in [0, 0.1) is 6.92 Å². The van der Waals surface area contributed by atoms with E-state index in [-0.39, 0.29) is 0 Å². The summed E-state index contributed by atoms with van der Waals surface area (Å²) >= 11 is 6.23. The summed E-state index contributed by atoms with van der Waals surface area (Å²) in [5.74, 6) is 0. The fourth-order valence-electron chi connectivity index (χ4n) is 2.95. The monoisotopic (exact) mass is 318 g/mol. The minimum atomic E-state index is 0.611. The number of hydrogen-bond donors (Lipinski definition) is 2. The number of nitrogens with zero attached hydrogens (tertiary/aromatic N) is 2. The Morgan fingerprint density at radius 2 is 2.18 bits per heavy atom. The number of halogens is 1. The van der Waals surface area contributed by atoms with Crippen molar-refractivity contribution in [1.82, 2.24) is 15.3 Å². The first-order valence-corrected chi connectivity index (χ1v) is 8.32. The molecule has 4 nitrogen and oxygen atoms in total. The fourth-order valence-corrected chi connectivity index (χ4v) is 3.13. The van der Waals surface area contributed by atoms with Crippen molar-refractivity contribution in [2.45, 2.75) is 32.2 Å². The second kappa shape index (κ2) is 7.16. The molecule has 0 atom stereocenters. The highest BCUT2D eigenvalue weighted by atomic mass is 35.5. The predicted octanol–water partition coefficient (Wildman–Crippen LogP) is 3.17. The minimum Gasteiger partial charge on any atom is -0.371 e. The number of piperidine rings is 1. The second-order valence-corrected chi connectivity index (χ2v) is 6.38. The van der Waals surface area contributed by atoms with Gasteiger partial charge < -0.3 is 15.2 Å². The van der Waals surface area contributed by atoms with Crippen molar-refractivity contribution in [3.63, 3.8) is 0 Å². The van der Waals surface area contributed by atoms with Crippen LogP contribution in [0.25, 0.3) is 0 Å². The van der Waals surface area contributed by atoms with Gasteiger partial charge in [-0.1, -0.05) is 17.7 Å². The highest BCUT2D eigenvalue weighted by molar-refractivity contribution is 6.31. The van der Waals surface area contributed by atoms with Crippen molar-refractivity contribution in [2.75, 3.05) is 24.5 Å². The summed E-state index contributed by atoms with van der Waals surface area (Å²) in [6, 6.07) is 6.97. The highest BCUT2D eigenvalue weighted by Crippen LogP contribution is 2.25. The van der Waals surface area contributed by atoms with Crippen molar-refractivity contribution < 1.29 is 0 Å². The van der Waals surface area contributed by atoms with Gasteiger partial charge in [-0.2, -0.15) is 0 Å². The van der Waals surface area contributed by atoms with E-state index in [9.17, 15) is 0 Å². The van der Waals surface area contributed by atoms with Gasteiger partial charge in [-0.15, -0.1) is 0 Å². The van der Waals surface area contributed by atoms with E-state index in [1.54, 1.807) is 6.33 Å². The standard InChI is InChI=1S/C17H23ClN4/c1-13-2-3-16(10-17(13)18)22-8-5-14(6-9-22)20-7-4-15-11-19-12-21-15/h2-3,10-12,14,20H,4-9H2,1H3,(H,19,21). The van der Waals surface area contributed by atoms with Crippen molar-refractivity contribution in [3.8, 4) is 0 Å². The predicted molar refractivity (Wildman–Crippen MR) is 91.7 cm³/mol. The summed E-state index contributed by atoms with van der Waals surface area (Å²) in [5.41, 5.74) is 3.58. The Hall–Kier alpha value is -1.52. The molecular formula is C17H23ClN4. The topological polar surface area (TPSA) is 44.0 Å². The normalized spacial score (nSPS) is 16.2. The number of anilines is 1. The van der Waals surface area contributed by atoms with Crippen molar-refractivity contribution >= 4 is 17.3 Å². The number of rotatable bonds is 5. The summed E-state index contributed by atoms with van der Waals surface area (Å²) in [4.78, 5) is 9.61. The molecular weight excluding hydrogens is 296 g/mol. The summed E-state index contributed by atoms with van der Waals surface area (Å²) in [7, 11) is 0. The molecule has 3 rings (SSSR count). The molecule has 0 bridgehead atoms. The number of imidazole rings is 1. The van der Waals surface area contributed by atoms with Crippen LogP contribution in [0.5, 0.6) is 0 Å². The molecule has 0 aliphatic carbocycles. The Labute approximate surface area is 136 Å². The van der Waals surface area contributed by atoms with E-state index in [0.717, 1.165) is 36.6 Å². The third-order valence-corrected chi connectivity index (χ3v) is 4.80. The highest BCUT2D eigenvalue weighted by Gasteiger charge is 2.19. The van der Waals surface area contributed by atoms with Crippen LogP contribution >= 0.6 is 11.6 Å². The number of H-pyrrole nitrogens is 1. The maximum atomic E-state index is 6.23. The SMILES string of the molecule is Cc1ccc(N2CCC(NCCc3cnc[nH]3)CC2)cc1Cl. The van der Waals surface area contributed by atoms with E-state index in [1.165, 1.54) is 24.2 Å². The molecule has 0 unspecified atom stereocenters. The summed E-state index contributed by atoms with van der Waals surface area (Å²) in [5, 5.41) is 4.51. The van der Waals surface area contributed by atoms with Gasteiger partial charge >= 0.3 is 0 Å². The van der Waals surface area contributed by atoms with Gasteiger partial charge in [0.25, 0.3) is 0 Å². The molecule has 5 heteroatoms. The lowest BCUT2D eigenvalue weighted by Gasteiger charge is -2.34. The average molecular weight is 319 g/mol. The zero-order valence-electron chi connectivity index (χ0n) is 13.0. The van der Waals surface area contributed by atoms with Gasteiger partial charge in [-0.3, -0.25) is 0 Å². The van der Waals surface area contributed by atoms with Gasteiger partial charge in [-0.05, 0) is 37.5 Å². The Morgan fingerprint density at radius 1 is 1.36 bits per heavy atom. The third-order valence-electron chi connectivity index (χ3n) is 4.40. The molecule has 1 aromatic carbocycles. The summed E-state index contributed by atoms with van der Waals surface area (Å²) in [6.07, 6.45) is 6.99. The zero-order chi connectivity index (χ0) is 15.4. The van der Waals surface area contributed by atoms with Gasteiger partial charge in [-0.25, -0.2) is 4.98 Å². The Bertz CT molecular complexity index is 589. The average Bonchev–Trinajstić information content (AvgIpc) is 3.04. The molecule has 118 valence electrons. The minimum absolute atomic E-state index is 0.611. The molecule has 22 heavy (non-hydrogen) atoms. The molecule has 1 saturated heterocycles. The Kier molecular flexibility index (Phi) is 5.01. The van der Waals surface area contributed by atoms with Gasteiger partial charge in [0.15, 0.2) is 0 Å². The van der Waals surface area contributed by atoms with Gasteiger partial charge in [0.2, 0.25) is 0 Å². The lowest BCUT2D eigenvalue weighted by Crippen LogP contribution is -2.43. The second-order valence-electron chi connectivity index (χ2n) is 5.98. The van der Waals surface area contributed by atoms with E-state index in [0.29, 0.717) is 6.04 Å². The Balaban J connectivity index is 1.44.